The van der Waals surface area contributed by atoms with Crippen LogP contribution in [0.5, 0.6) is 0 Å². The van der Waals surface area contributed by atoms with Crippen LogP contribution in [0.2, 0.25) is 10.0 Å². The second kappa shape index (κ2) is 8.50. The highest BCUT2D eigenvalue weighted by Crippen LogP contribution is 2.47. The van der Waals surface area contributed by atoms with Gasteiger partial charge in [0.15, 0.2) is 0 Å². The first-order valence-corrected chi connectivity index (χ1v) is 11.4. The van der Waals surface area contributed by atoms with Crippen molar-refractivity contribution in [3.63, 3.8) is 0 Å². The topological polar surface area (TPSA) is 54.5 Å². The van der Waals surface area contributed by atoms with E-state index in [0.717, 1.165) is 20.5 Å². The molecule has 2 aromatic carbocycles. The molecule has 0 unspecified atom stereocenters. The molecule has 0 aliphatic rings. The van der Waals surface area contributed by atoms with Crippen molar-refractivity contribution in [1.82, 2.24) is 20.6 Å². The van der Waals surface area contributed by atoms with E-state index >= 15 is 0 Å². The van der Waals surface area contributed by atoms with E-state index in [4.69, 9.17) is 23.2 Å². The Morgan fingerprint density at radius 2 is 1.40 bits per heavy atom. The predicted octanol–water partition coefficient (Wildman–Crippen LogP) is 7.82. The average molecular weight is 457 g/mol. The third kappa shape index (κ3) is 4.02. The Hall–Kier alpha value is -2.21. The van der Waals surface area contributed by atoms with Crippen molar-refractivity contribution in [2.75, 3.05) is 0 Å². The summed E-state index contributed by atoms with van der Waals surface area (Å²) in [5, 5.41) is 16.2. The van der Waals surface area contributed by atoms with Crippen molar-refractivity contribution in [1.29, 1.82) is 0 Å². The molecule has 154 valence electrons. The van der Waals surface area contributed by atoms with E-state index in [1.807, 2.05) is 12.1 Å². The van der Waals surface area contributed by atoms with E-state index in [1.165, 1.54) is 27.1 Å². The molecule has 0 atom stereocenters. The Morgan fingerprint density at radius 3 is 1.97 bits per heavy atom. The number of rotatable bonds is 5. The first-order valence-electron chi connectivity index (χ1n) is 9.82. The maximum Gasteiger partial charge on any atom is 0.214 e. The van der Waals surface area contributed by atoms with Crippen LogP contribution in [0.4, 0.5) is 0 Å². The molecule has 2 aromatic heterocycles. The largest absolute Gasteiger partial charge is 0.214 e. The molecule has 4 rings (SSSR count). The van der Waals surface area contributed by atoms with Gasteiger partial charge in [-0.2, -0.15) is 5.21 Å². The lowest BCUT2D eigenvalue weighted by Gasteiger charge is -2.17. The zero-order valence-corrected chi connectivity index (χ0v) is 19.5. The molecule has 7 heteroatoms. The number of hydrogen-bond acceptors (Lipinski definition) is 4. The van der Waals surface area contributed by atoms with Gasteiger partial charge in [0.25, 0.3) is 0 Å². The molecular weight excluding hydrogens is 435 g/mol. The quantitative estimate of drug-likeness (QED) is 0.332. The normalized spacial score (nSPS) is 11.6. The highest BCUT2D eigenvalue weighted by atomic mass is 35.5. The summed E-state index contributed by atoms with van der Waals surface area (Å²) in [5.74, 6) is 1.25. The molecule has 0 saturated heterocycles. The van der Waals surface area contributed by atoms with Crippen molar-refractivity contribution < 1.29 is 0 Å². The van der Waals surface area contributed by atoms with E-state index in [-0.39, 0.29) is 0 Å². The standard InChI is InChI=1S/C23H22Cl2N4S/c1-12(2)18-9-14(24)5-7-16(18)20-11-21(23-26-28-29-27-23)30-22(20)17-8-6-15(25)10-19(17)13(3)4/h5-13H,1-4H3,(H,26,27,28,29). The first kappa shape index (κ1) is 21.0. The minimum Gasteiger partial charge on any atom is -0.177 e. The van der Waals surface area contributed by atoms with Crippen LogP contribution in [-0.4, -0.2) is 20.6 Å². The molecule has 4 aromatic rings. The first-order chi connectivity index (χ1) is 14.3. The van der Waals surface area contributed by atoms with E-state index in [0.29, 0.717) is 17.7 Å². The Balaban J connectivity index is 2.01. The van der Waals surface area contributed by atoms with Crippen molar-refractivity contribution in [3.8, 4) is 32.3 Å². The maximum atomic E-state index is 6.33. The molecule has 0 aliphatic heterocycles. The van der Waals surface area contributed by atoms with Gasteiger partial charge in [-0.25, -0.2) is 0 Å². The SMILES string of the molecule is CC(C)c1cc(Cl)ccc1-c1cc(-c2nn[nH]n2)sc1-c1ccc(Cl)cc1C(C)C. The maximum absolute atomic E-state index is 6.33. The summed E-state index contributed by atoms with van der Waals surface area (Å²) in [6, 6.07) is 14.4. The van der Waals surface area contributed by atoms with Crippen LogP contribution < -0.4 is 0 Å². The summed E-state index contributed by atoms with van der Waals surface area (Å²) in [5.41, 5.74) is 5.91. The highest BCUT2D eigenvalue weighted by Gasteiger charge is 2.22. The molecule has 2 heterocycles. The third-order valence-corrected chi connectivity index (χ3v) is 6.74. The number of nitrogens with zero attached hydrogens (tertiary/aromatic N) is 3. The van der Waals surface area contributed by atoms with Gasteiger partial charge in [-0.1, -0.05) is 63.0 Å². The van der Waals surface area contributed by atoms with E-state index < -0.39 is 0 Å². The second-order valence-corrected chi connectivity index (χ2v) is 9.79. The van der Waals surface area contributed by atoms with Crippen LogP contribution in [-0.2, 0) is 0 Å². The lowest BCUT2D eigenvalue weighted by atomic mass is 9.89. The zero-order chi connectivity index (χ0) is 21.4. The number of nitrogens with one attached hydrogen (secondary N) is 1. The van der Waals surface area contributed by atoms with Crippen molar-refractivity contribution in [3.05, 3.63) is 63.6 Å². The summed E-state index contributed by atoms with van der Waals surface area (Å²) in [4.78, 5) is 2.13. The second-order valence-electron chi connectivity index (χ2n) is 7.86. The number of halogens is 2. The van der Waals surface area contributed by atoms with Crippen molar-refractivity contribution in [2.24, 2.45) is 0 Å². The summed E-state index contributed by atoms with van der Waals surface area (Å²) in [6.45, 7) is 8.74. The minimum atomic E-state index is 0.329. The summed E-state index contributed by atoms with van der Waals surface area (Å²) in [6.07, 6.45) is 0. The van der Waals surface area contributed by atoms with Gasteiger partial charge in [0.2, 0.25) is 5.82 Å². The smallest absolute Gasteiger partial charge is 0.177 e. The van der Waals surface area contributed by atoms with Crippen LogP contribution in [0.15, 0.2) is 42.5 Å². The molecule has 0 saturated carbocycles. The van der Waals surface area contributed by atoms with Gasteiger partial charge in [0, 0.05) is 20.5 Å². The van der Waals surface area contributed by atoms with Crippen molar-refractivity contribution in [2.45, 2.75) is 39.5 Å². The van der Waals surface area contributed by atoms with Gasteiger partial charge in [-0.3, -0.25) is 0 Å². The molecule has 0 radical (unpaired) electrons. The van der Waals surface area contributed by atoms with Crippen LogP contribution in [0, 0.1) is 0 Å². The average Bonchev–Trinajstić information content (AvgIpc) is 3.37. The third-order valence-electron chi connectivity index (χ3n) is 5.10. The monoisotopic (exact) mass is 456 g/mol. The van der Waals surface area contributed by atoms with Crippen LogP contribution in [0.3, 0.4) is 0 Å². The Labute approximate surface area is 190 Å². The molecule has 0 spiro atoms. The number of hydrogen-bond donors (Lipinski definition) is 1. The molecule has 30 heavy (non-hydrogen) atoms. The van der Waals surface area contributed by atoms with Gasteiger partial charge in [-0.05, 0) is 69.6 Å². The van der Waals surface area contributed by atoms with Crippen LogP contribution >= 0.6 is 34.5 Å². The van der Waals surface area contributed by atoms with Gasteiger partial charge in [0.05, 0.1) is 4.88 Å². The van der Waals surface area contributed by atoms with E-state index in [9.17, 15) is 0 Å². The lowest BCUT2D eigenvalue weighted by molar-refractivity contribution is 0.868. The van der Waals surface area contributed by atoms with Gasteiger partial charge < -0.3 is 0 Å². The molecule has 0 fully saturated rings. The number of H-pyrrole nitrogens is 1. The fourth-order valence-corrected chi connectivity index (χ4v) is 5.15. The van der Waals surface area contributed by atoms with E-state index in [2.05, 4.69) is 78.7 Å². The Bertz CT molecular complexity index is 1110. The zero-order valence-electron chi connectivity index (χ0n) is 17.2. The van der Waals surface area contributed by atoms with Gasteiger partial charge in [-0.15, -0.1) is 21.5 Å². The molecule has 0 amide bonds. The Morgan fingerprint density at radius 1 is 0.800 bits per heavy atom. The Kier molecular flexibility index (Phi) is 5.96. The summed E-state index contributed by atoms with van der Waals surface area (Å²) >= 11 is 14.3. The molecule has 0 bridgehead atoms. The van der Waals surface area contributed by atoms with Crippen molar-refractivity contribution >= 4 is 34.5 Å². The molecule has 0 aliphatic carbocycles. The lowest BCUT2D eigenvalue weighted by Crippen LogP contribution is -1.95. The number of aromatic nitrogens is 4. The number of benzene rings is 2. The fourth-order valence-electron chi connectivity index (χ4n) is 3.64. The van der Waals surface area contributed by atoms with Gasteiger partial charge in [0.1, 0.15) is 0 Å². The van der Waals surface area contributed by atoms with Gasteiger partial charge >= 0.3 is 0 Å². The number of tetrazole rings is 1. The number of thiophene rings is 1. The molecular formula is C23H22Cl2N4S. The highest BCUT2D eigenvalue weighted by molar-refractivity contribution is 7.19. The summed E-state index contributed by atoms with van der Waals surface area (Å²) < 4.78 is 0. The molecule has 1 N–H and O–H groups in total. The van der Waals surface area contributed by atoms with Crippen LogP contribution in [0.25, 0.3) is 32.3 Å². The fraction of sp³-hybridized carbons (Fsp3) is 0.261. The minimum absolute atomic E-state index is 0.329. The number of aromatic amines is 1. The predicted molar refractivity (Wildman–Crippen MR) is 127 cm³/mol. The van der Waals surface area contributed by atoms with Crippen LogP contribution in [0.1, 0.15) is 50.7 Å². The van der Waals surface area contributed by atoms with E-state index in [1.54, 1.807) is 11.3 Å². The molecule has 4 nitrogen and oxygen atoms in total. The summed E-state index contributed by atoms with van der Waals surface area (Å²) in [7, 11) is 0.